The van der Waals surface area contributed by atoms with E-state index in [9.17, 15) is 9.18 Å². The molecule has 0 aliphatic heterocycles. The van der Waals surface area contributed by atoms with E-state index in [1.54, 1.807) is 18.2 Å². The first-order chi connectivity index (χ1) is 14.0. The van der Waals surface area contributed by atoms with Gasteiger partial charge in [0.05, 0.1) is 22.0 Å². The first-order valence-corrected chi connectivity index (χ1v) is 10.4. The van der Waals surface area contributed by atoms with Gasteiger partial charge in [0.2, 0.25) is 5.91 Å². The molecule has 1 aromatic carbocycles. The Morgan fingerprint density at radius 3 is 2.76 bits per heavy atom. The maximum absolute atomic E-state index is 13.9. The van der Waals surface area contributed by atoms with Gasteiger partial charge in [-0.15, -0.1) is 10.2 Å². The highest BCUT2D eigenvalue weighted by Gasteiger charge is 2.23. The van der Waals surface area contributed by atoms with Crippen LogP contribution in [0, 0.1) is 12.7 Å². The molecule has 0 aliphatic rings. The number of benzene rings is 1. The number of nitrogens with zero attached hydrogens (tertiary/aromatic N) is 3. The van der Waals surface area contributed by atoms with Crippen LogP contribution < -0.4 is 5.32 Å². The predicted molar refractivity (Wildman–Crippen MR) is 112 cm³/mol. The van der Waals surface area contributed by atoms with Gasteiger partial charge >= 0.3 is 0 Å². The number of anilines is 1. The summed E-state index contributed by atoms with van der Waals surface area (Å²) in [6, 6.07) is 10.0. The summed E-state index contributed by atoms with van der Waals surface area (Å²) in [5.41, 5.74) is 2.73. The summed E-state index contributed by atoms with van der Waals surface area (Å²) in [6.45, 7) is 5.84. The van der Waals surface area contributed by atoms with Crippen LogP contribution in [0.5, 0.6) is 0 Å². The number of carbonyl (C=O) groups is 1. The molecule has 29 heavy (non-hydrogen) atoms. The zero-order valence-corrected chi connectivity index (χ0v) is 17.2. The molecule has 0 spiro atoms. The predicted octanol–water partition coefficient (Wildman–Crippen LogP) is 4.99. The van der Waals surface area contributed by atoms with Crippen molar-refractivity contribution >= 4 is 40.0 Å². The molecule has 4 aromatic rings. The molecular weight excluding hydrogens is 391 g/mol. The third-order valence-corrected chi connectivity index (χ3v) is 6.06. The molecule has 8 heteroatoms. The summed E-state index contributed by atoms with van der Waals surface area (Å²) in [5, 5.41) is 11.6. The Labute approximate surface area is 171 Å². The SMILES string of the molecule is CCc1nnc(S[C@@H](CC)C(=O)Nc2ccccc2F)c2cc3oc(C)cc3n12. The van der Waals surface area contributed by atoms with E-state index in [2.05, 4.69) is 15.5 Å². The lowest BCUT2D eigenvalue weighted by Gasteiger charge is -2.15. The molecule has 0 bridgehead atoms. The van der Waals surface area contributed by atoms with Gasteiger partial charge in [0.25, 0.3) is 0 Å². The third-order valence-electron chi connectivity index (χ3n) is 4.71. The van der Waals surface area contributed by atoms with Crippen molar-refractivity contribution in [1.29, 1.82) is 0 Å². The van der Waals surface area contributed by atoms with E-state index in [1.807, 2.05) is 37.3 Å². The van der Waals surface area contributed by atoms with Crippen LogP contribution in [0.2, 0.25) is 0 Å². The second-order valence-electron chi connectivity index (χ2n) is 6.73. The fraction of sp³-hybridized carbons (Fsp3) is 0.286. The maximum Gasteiger partial charge on any atom is 0.237 e. The van der Waals surface area contributed by atoms with Crippen LogP contribution in [-0.4, -0.2) is 25.8 Å². The quantitative estimate of drug-likeness (QED) is 0.452. The number of thioether (sulfide) groups is 1. The average Bonchev–Trinajstić information content (AvgIpc) is 3.24. The third kappa shape index (κ3) is 3.60. The van der Waals surface area contributed by atoms with Crippen LogP contribution in [0.4, 0.5) is 10.1 Å². The van der Waals surface area contributed by atoms with E-state index in [1.165, 1.54) is 17.8 Å². The highest BCUT2D eigenvalue weighted by molar-refractivity contribution is 8.00. The Bertz CT molecular complexity index is 1200. The minimum Gasteiger partial charge on any atom is -0.460 e. The first kappa shape index (κ1) is 19.4. The van der Waals surface area contributed by atoms with Crippen LogP contribution in [0.25, 0.3) is 16.6 Å². The standard InChI is InChI=1S/C21H21FN4O2S/c1-4-18(20(27)23-14-9-7-6-8-13(14)22)29-21-16-11-17-15(10-12(3)28-17)26(16)19(5-2)24-25-21/h6-11,18H,4-5H2,1-3H3,(H,23,27)/t18-/m0/s1. The van der Waals surface area contributed by atoms with Crippen LogP contribution in [0.3, 0.4) is 0 Å². The number of carbonyl (C=O) groups excluding carboxylic acids is 1. The summed E-state index contributed by atoms with van der Waals surface area (Å²) in [7, 11) is 0. The minimum absolute atomic E-state index is 0.171. The second kappa shape index (κ2) is 7.87. The molecule has 3 aromatic heterocycles. The lowest BCUT2D eigenvalue weighted by molar-refractivity contribution is -0.115. The second-order valence-corrected chi connectivity index (χ2v) is 7.92. The molecule has 1 amide bonds. The molecule has 0 fully saturated rings. The van der Waals surface area contributed by atoms with Gasteiger partial charge in [0.15, 0.2) is 5.58 Å². The van der Waals surface area contributed by atoms with Crippen molar-refractivity contribution in [1.82, 2.24) is 14.6 Å². The first-order valence-electron chi connectivity index (χ1n) is 9.51. The number of aryl methyl sites for hydroxylation is 2. The lowest BCUT2D eigenvalue weighted by Crippen LogP contribution is -2.25. The Balaban J connectivity index is 1.68. The topological polar surface area (TPSA) is 72.4 Å². The van der Waals surface area contributed by atoms with Crippen LogP contribution >= 0.6 is 11.8 Å². The fourth-order valence-corrected chi connectivity index (χ4v) is 4.26. The van der Waals surface area contributed by atoms with Gasteiger partial charge in [-0.25, -0.2) is 4.39 Å². The number of hydrogen-bond acceptors (Lipinski definition) is 5. The summed E-state index contributed by atoms with van der Waals surface area (Å²) in [6.07, 6.45) is 1.28. The largest absolute Gasteiger partial charge is 0.460 e. The zero-order valence-electron chi connectivity index (χ0n) is 16.4. The molecule has 1 N–H and O–H groups in total. The molecule has 6 nitrogen and oxygen atoms in total. The highest BCUT2D eigenvalue weighted by atomic mass is 32.2. The number of aromatic nitrogens is 3. The number of nitrogens with one attached hydrogen (secondary N) is 1. The molecule has 0 unspecified atom stereocenters. The molecule has 150 valence electrons. The monoisotopic (exact) mass is 412 g/mol. The van der Waals surface area contributed by atoms with Gasteiger partial charge in [-0.3, -0.25) is 9.20 Å². The normalized spacial score (nSPS) is 12.6. The van der Waals surface area contributed by atoms with Gasteiger partial charge in [-0.05, 0) is 25.5 Å². The van der Waals surface area contributed by atoms with Crippen molar-refractivity contribution in [3.8, 4) is 0 Å². The zero-order chi connectivity index (χ0) is 20.5. The summed E-state index contributed by atoms with van der Waals surface area (Å²) in [4.78, 5) is 12.8. The van der Waals surface area contributed by atoms with E-state index >= 15 is 0 Å². The Hall–Kier alpha value is -2.87. The number of amides is 1. The van der Waals surface area contributed by atoms with E-state index in [0.29, 0.717) is 17.9 Å². The van der Waals surface area contributed by atoms with Crippen LogP contribution in [0.15, 0.2) is 45.8 Å². The minimum atomic E-state index is -0.461. The number of rotatable bonds is 6. The van der Waals surface area contributed by atoms with Gasteiger partial charge in [-0.2, -0.15) is 0 Å². The number of fused-ring (bicyclic) bond motifs is 3. The Morgan fingerprint density at radius 1 is 1.24 bits per heavy atom. The molecule has 1 atom stereocenters. The van der Waals surface area contributed by atoms with E-state index in [-0.39, 0.29) is 11.6 Å². The van der Waals surface area contributed by atoms with Gasteiger partial charge in [0, 0.05) is 18.6 Å². The number of furan rings is 1. The summed E-state index contributed by atoms with van der Waals surface area (Å²) < 4.78 is 21.7. The van der Waals surface area contributed by atoms with E-state index in [0.717, 1.165) is 28.2 Å². The molecular formula is C21H21FN4O2S. The molecule has 0 radical (unpaired) electrons. The van der Waals surface area contributed by atoms with Gasteiger partial charge in [0.1, 0.15) is 22.4 Å². The highest BCUT2D eigenvalue weighted by Crippen LogP contribution is 2.33. The molecule has 0 saturated carbocycles. The van der Waals surface area contributed by atoms with Crippen molar-refractivity contribution in [3.63, 3.8) is 0 Å². The maximum atomic E-state index is 13.9. The Morgan fingerprint density at radius 2 is 2.03 bits per heavy atom. The molecule has 4 rings (SSSR count). The number of hydrogen-bond donors (Lipinski definition) is 1. The number of para-hydroxylation sites is 1. The number of halogens is 1. The lowest BCUT2D eigenvalue weighted by atomic mass is 10.2. The van der Waals surface area contributed by atoms with Crippen molar-refractivity contribution in [2.45, 2.75) is 43.9 Å². The van der Waals surface area contributed by atoms with Crippen molar-refractivity contribution in [2.75, 3.05) is 5.32 Å². The summed E-state index contributed by atoms with van der Waals surface area (Å²) >= 11 is 1.32. The van der Waals surface area contributed by atoms with Crippen molar-refractivity contribution in [3.05, 3.63) is 53.8 Å². The van der Waals surface area contributed by atoms with Crippen LogP contribution in [-0.2, 0) is 11.2 Å². The van der Waals surface area contributed by atoms with Crippen LogP contribution in [0.1, 0.15) is 31.9 Å². The van der Waals surface area contributed by atoms with Gasteiger partial charge < -0.3 is 9.73 Å². The summed E-state index contributed by atoms with van der Waals surface area (Å²) in [5.74, 6) is 0.919. The van der Waals surface area contributed by atoms with Crippen molar-refractivity contribution < 1.29 is 13.6 Å². The average molecular weight is 412 g/mol. The molecule has 0 saturated heterocycles. The van der Waals surface area contributed by atoms with Gasteiger partial charge in [-0.1, -0.05) is 37.7 Å². The van der Waals surface area contributed by atoms with E-state index < -0.39 is 11.1 Å². The van der Waals surface area contributed by atoms with Crippen molar-refractivity contribution in [2.24, 2.45) is 0 Å². The smallest absolute Gasteiger partial charge is 0.237 e. The molecule has 3 heterocycles. The molecule has 0 aliphatic carbocycles. The van der Waals surface area contributed by atoms with E-state index in [4.69, 9.17) is 4.42 Å². The fourth-order valence-electron chi connectivity index (χ4n) is 3.30. The Kier molecular flexibility index (Phi) is 5.27.